The summed E-state index contributed by atoms with van der Waals surface area (Å²) in [6, 6.07) is 11.4. The van der Waals surface area contributed by atoms with E-state index < -0.39 is 0 Å². The zero-order chi connectivity index (χ0) is 15.8. The first-order valence-electron chi connectivity index (χ1n) is 7.44. The highest BCUT2D eigenvalue weighted by Gasteiger charge is 2.04. The highest BCUT2D eigenvalue weighted by Crippen LogP contribution is 2.21. The number of ether oxygens (including phenoxy) is 1. The van der Waals surface area contributed by atoms with Crippen LogP contribution in [0.2, 0.25) is 0 Å². The van der Waals surface area contributed by atoms with E-state index in [1.54, 1.807) is 18.3 Å². The molecule has 0 unspecified atom stereocenters. The summed E-state index contributed by atoms with van der Waals surface area (Å²) in [5.41, 5.74) is 7.23. The molecule has 0 saturated heterocycles. The molecule has 1 heterocycles. The molecule has 1 amide bonds. The number of anilines is 1. The minimum absolute atomic E-state index is 0. The summed E-state index contributed by atoms with van der Waals surface area (Å²) in [7, 11) is 0. The van der Waals surface area contributed by atoms with Gasteiger partial charge in [-0.05, 0) is 43.1 Å². The van der Waals surface area contributed by atoms with Gasteiger partial charge in [-0.1, -0.05) is 19.1 Å². The molecule has 0 atom stereocenters. The highest BCUT2D eigenvalue weighted by molar-refractivity contribution is 5.90. The number of amides is 1. The number of aryl methyl sites for hydroxylation is 1. The Balaban J connectivity index is 0.00000264. The lowest BCUT2D eigenvalue weighted by atomic mass is 10.2. The molecule has 1 aromatic heterocycles. The van der Waals surface area contributed by atoms with Crippen LogP contribution >= 0.6 is 24.8 Å². The number of rotatable bonds is 7. The number of hydrogen-bond acceptors (Lipinski definition) is 4. The van der Waals surface area contributed by atoms with Crippen LogP contribution in [0.4, 0.5) is 5.69 Å². The third kappa shape index (κ3) is 7.17. The topological polar surface area (TPSA) is 77.2 Å². The van der Waals surface area contributed by atoms with Gasteiger partial charge in [-0.2, -0.15) is 0 Å². The van der Waals surface area contributed by atoms with Crippen molar-refractivity contribution in [2.45, 2.75) is 26.2 Å². The summed E-state index contributed by atoms with van der Waals surface area (Å²) in [6.07, 6.45) is 3.63. The minimum atomic E-state index is -0.0587. The molecule has 0 saturated carbocycles. The number of nitrogens with two attached hydrogens (primary N) is 1. The molecule has 0 aliphatic rings. The second-order valence-corrected chi connectivity index (χ2v) is 4.93. The van der Waals surface area contributed by atoms with E-state index >= 15 is 0 Å². The van der Waals surface area contributed by atoms with Crippen molar-refractivity contribution in [1.29, 1.82) is 0 Å². The van der Waals surface area contributed by atoms with E-state index in [4.69, 9.17) is 10.5 Å². The van der Waals surface area contributed by atoms with Crippen molar-refractivity contribution < 1.29 is 9.53 Å². The molecule has 2 rings (SSSR count). The van der Waals surface area contributed by atoms with Gasteiger partial charge < -0.3 is 15.8 Å². The standard InChI is InChI=1S/C17H21N3O2.2ClH/c1-2-13-5-3-6-15(11-13)22-17-9-8-14(12-19-17)20-16(21)7-4-10-18;;/h3,5-6,8-9,11-12H,2,4,7,10,18H2,1H3,(H,20,21);2*1H. The van der Waals surface area contributed by atoms with Gasteiger partial charge in [0.05, 0.1) is 11.9 Å². The average molecular weight is 372 g/mol. The Kier molecular flexibility index (Phi) is 10.8. The van der Waals surface area contributed by atoms with Gasteiger partial charge in [-0.3, -0.25) is 4.79 Å². The van der Waals surface area contributed by atoms with Crippen LogP contribution < -0.4 is 15.8 Å². The predicted molar refractivity (Wildman–Crippen MR) is 102 cm³/mol. The van der Waals surface area contributed by atoms with Crippen LogP contribution in [-0.4, -0.2) is 17.4 Å². The molecule has 0 bridgehead atoms. The maximum atomic E-state index is 11.6. The number of carbonyl (C=O) groups excluding carboxylic acids is 1. The Labute approximate surface area is 154 Å². The van der Waals surface area contributed by atoms with E-state index in [0.29, 0.717) is 31.0 Å². The largest absolute Gasteiger partial charge is 0.439 e. The molecule has 24 heavy (non-hydrogen) atoms. The van der Waals surface area contributed by atoms with E-state index in [9.17, 15) is 4.79 Å². The third-order valence-corrected chi connectivity index (χ3v) is 3.16. The smallest absolute Gasteiger partial charge is 0.224 e. The predicted octanol–water partition coefficient (Wildman–Crippen LogP) is 3.96. The van der Waals surface area contributed by atoms with Crippen molar-refractivity contribution in [2.75, 3.05) is 11.9 Å². The second-order valence-electron chi connectivity index (χ2n) is 4.93. The van der Waals surface area contributed by atoms with Gasteiger partial charge in [0.1, 0.15) is 5.75 Å². The summed E-state index contributed by atoms with van der Waals surface area (Å²) < 4.78 is 5.71. The zero-order valence-corrected chi connectivity index (χ0v) is 15.2. The van der Waals surface area contributed by atoms with E-state index in [2.05, 4.69) is 23.3 Å². The van der Waals surface area contributed by atoms with Crippen molar-refractivity contribution in [3.8, 4) is 11.6 Å². The molecule has 3 N–H and O–H groups in total. The molecular weight excluding hydrogens is 349 g/mol. The summed E-state index contributed by atoms with van der Waals surface area (Å²) in [5, 5.41) is 2.77. The van der Waals surface area contributed by atoms with E-state index in [0.717, 1.165) is 12.2 Å². The van der Waals surface area contributed by atoms with Crippen molar-refractivity contribution in [1.82, 2.24) is 4.98 Å². The Morgan fingerprint density at radius 3 is 2.67 bits per heavy atom. The Morgan fingerprint density at radius 1 is 1.25 bits per heavy atom. The first-order valence-corrected chi connectivity index (χ1v) is 7.44. The molecule has 5 nitrogen and oxygen atoms in total. The molecular formula is C17H23Cl2N3O2. The van der Waals surface area contributed by atoms with Gasteiger partial charge in [0.15, 0.2) is 0 Å². The maximum Gasteiger partial charge on any atom is 0.224 e. The molecule has 0 aliphatic carbocycles. The molecule has 132 valence electrons. The van der Waals surface area contributed by atoms with Crippen LogP contribution in [0.3, 0.4) is 0 Å². The summed E-state index contributed by atoms with van der Waals surface area (Å²) in [5.74, 6) is 1.19. The summed E-state index contributed by atoms with van der Waals surface area (Å²) in [6.45, 7) is 2.61. The van der Waals surface area contributed by atoms with E-state index in [-0.39, 0.29) is 30.7 Å². The van der Waals surface area contributed by atoms with Gasteiger partial charge in [0.25, 0.3) is 0 Å². The van der Waals surface area contributed by atoms with E-state index in [1.165, 1.54) is 5.56 Å². The lowest BCUT2D eigenvalue weighted by Crippen LogP contribution is -2.13. The van der Waals surface area contributed by atoms with Crippen LogP contribution in [0.25, 0.3) is 0 Å². The van der Waals surface area contributed by atoms with Gasteiger partial charge in [0.2, 0.25) is 11.8 Å². The first kappa shape index (κ1) is 22.2. The van der Waals surface area contributed by atoms with E-state index in [1.807, 2.05) is 18.2 Å². The van der Waals surface area contributed by atoms with Crippen LogP contribution in [0.5, 0.6) is 11.6 Å². The molecule has 0 aliphatic heterocycles. The SMILES string of the molecule is CCc1cccc(Oc2ccc(NC(=O)CCCN)cn2)c1.Cl.Cl. The van der Waals surface area contributed by atoms with Crippen LogP contribution in [0, 0.1) is 0 Å². The van der Waals surface area contributed by atoms with Crippen molar-refractivity contribution in [3.63, 3.8) is 0 Å². The zero-order valence-electron chi connectivity index (χ0n) is 13.5. The Bertz CT molecular complexity index is 621. The van der Waals surface area contributed by atoms with Gasteiger partial charge >= 0.3 is 0 Å². The van der Waals surface area contributed by atoms with Crippen LogP contribution in [0.1, 0.15) is 25.3 Å². The third-order valence-electron chi connectivity index (χ3n) is 3.16. The van der Waals surface area contributed by atoms with Gasteiger partial charge in [-0.15, -0.1) is 24.8 Å². The van der Waals surface area contributed by atoms with Gasteiger partial charge in [-0.25, -0.2) is 4.98 Å². The Hall–Kier alpha value is -1.82. The lowest BCUT2D eigenvalue weighted by molar-refractivity contribution is -0.116. The number of carbonyl (C=O) groups is 1. The number of nitrogens with one attached hydrogen (secondary N) is 1. The average Bonchev–Trinajstić information content (AvgIpc) is 2.55. The first-order chi connectivity index (χ1) is 10.7. The molecule has 1 aromatic carbocycles. The molecule has 0 radical (unpaired) electrons. The normalized spacial score (nSPS) is 9.42. The quantitative estimate of drug-likeness (QED) is 0.771. The number of aromatic nitrogens is 1. The molecule has 7 heteroatoms. The fraction of sp³-hybridized carbons (Fsp3) is 0.294. The minimum Gasteiger partial charge on any atom is -0.439 e. The number of hydrogen-bond donors (Lipinski definition) is 2. The van der Waals surface area contributed by atoms with Crippen molar-refractivity contribution in [3.05, 3.63) is 48.2 Å². The number of halogens is 2. The molecule has 0 spiro atoms. The Morgan fingerprint density at radius 2 is 2.04 bits per heavy atom. The fourth-order valence-corrected chi connectivity index (χ4v) is 1.95. The number of nitrogens with zero attached hydrogens (tertiary/aromatic N) is 1. The monoisotopic (exact) mass is 371 g/mol. The molecule has 2 aromatic rings. The number of benzene rings is 1. The highest BCUT2D eigenvalue weighted by atomic mass is 35.5. The van der Waals surface area contributed by atoms with Crippen molar-refractivity contribution >= 4 is 36.4 Å². The molecule has 0 fully saturated rings. The summed E-state index contributed by atoms with van der Waals surface area (Å²) in [4.78, 5) is 15.8. The fourth-order valence-electron chi connectivity index (χ4n) is 1.95. The maximum absolute atomic E-state index is 11.6. The lowest BCUT2D eigenvalue weighted by Gasteiger charge is -2.08. The van der Waals surface area contributed by atoms with Crippen LogP contribution in [-0.2, 0) is 11.2 Å². The number of pyridine rings is 1. The summed E-state index contributed by atoms with van der Waals surface area (Å²) >= 11 is 0. The van der Waals surface area contributed by atoms with Crippen LogP contribution in [0.15, 0.2) is 42.6 Å². The second kappa shape index (κ2) is 11.7. The van der Waals surface area contributed by atoms with Crippen molar-refractivity contribution in [2.24, 2.45) is 5.73 Å². The van der Waals surface area contributed by atoms with Gasteiger partial charge in [0, 0.05) is 12.5 Å².